The molecular formula is C13H20N2O2S. The molecule has 0 aromatic carbocycles. The Kier molecular flexibility index (Phi) is 4.74. The third kappa shape index (κ3) is 3.54. The summed E-state index contributed by atoms with van der Waals surface area (Å²) in [6.07, 6.45) is 1.32. The van der Waals surface area contributed by atoms with Crippen molar-refractivity contribution in [1.29, 1.82) is 0 Å². The number of nitrogens with zero attached hydrogens (tertiary/aromatic N) is 1. The summed E-state index contributed by atoms with van der Waals surface area (Å²) in [5.74, 6) is 0.191. The molecule has 1 aromatic heterocycles. The summed E-state index contributed by atoms with van der Waals surface area (Å²) < 4.78 is 5.72. The average Bonchev–Trinajstić information content (AvgIpc) is 2.90. The van der Waals surface area contributed by atoms with Gasteiger partial charge in [0.2, 0.25) is 5.91 Å². The highest BCUT2D eigenvalue weighted by Crippen LogP contribution is 2.24. The average molecular weight is 268 g/mol. The van der Waals surface area contributed by atoms with E-state index in [9.17, 15) is 4.79 Å². The van der Waals surface area contributed by atoms with Gasteiger partial charge in [-0.1, -0.05) is 0 Å². The Hall–Kier alpha value is -0.910. The van der Waals surface area contributed by atoms with E-state index in [4.69, 9.17) is 10.5 Å². The standard InChI is InChI=1S/C13H20N2O2S/c1-10(14)2-3-13(16)15-5-6-17-12(8-15)11-4-7-18-9-11/h4,7,9-10,12H,2-3,5-6,8,14H2,1H3. The zero-order chi connectivity index (χ0) is 13.0. The number of hydrogen-bond donors (Lipinski definition) is 1. The highest BCUT2D eigenvalue weighted by Gasteiger charge is 2.25. The van der Waals surface area contributed by atoms with Gasteiger partial charge in [0.05, 0.1) is 13.2 Å². The van der Waals surface area contributed by atoms with Crippen LogP contribution in [0.2, 0.25) is 0 Å². The summed E-state index contributed by atoms with van der Waals surface area (Å²) in [7, 11) is 0. The predicted molar refractivity (Wildman–Crippen MR) is 72.5 cm³/mol. The van der Waals surface area contributed by atoms with Crippen molar-refractivity contribution >= 4 is 17.2 Å². The summed E-state index contributed by atoms with van der Waals surface area (Å²) in [6.45, 7) is 3.90. The van der Waals surface area contributed by atoms with Gasteiger partial charge in [-0.05, 0) is 35.7 Å². The zero-order valence-corrected chi connectivity index (χ0v) is 11.5. The second-order valence-corrected chi connectivity index (χ2v) is 5.55. The quantitative estimate of drug-likeness (QED) is 0.905. The van der Waals surface area contributed by atoms with Gasteiger partial charge >= 0.3 is 0 Å². The highest BCUT2D eigenvalue weighted by molar-refractivity contribution is 7.07. The summed E-state index contributed by atoms with van der Waals surface area (Å²) in [5.41, 5.74) is 6.85. The minimum absolute atomic E-state index is 0.0317. The first kappa shape index (κ1) is 13.5. The van der Waals surface area contributed by atoms with Gasteiger partial charge in [-0.15, -0.1) is 0 Å². The van der Waals surface area contributed by atoms with E-state index in [1.165, 1.54) is 5.56 Å². The molecule has 4 nitrogen and oxygen atoms in total. The third-order valence-corrected chi connectivity index (χ3v) is 3.85. The normalized spacial score (nSPS) is 21.9. The molecule has 2 unspecified atom stereocenters. The van der Waals surface area contributed by atoms with Crippen LogP contribution in [-0.4, -0.2) is 36.5 Å². The van der Waals surface area contributed by atoms with E-state index in [2.05, 4.69) is 11.4 Å². The fraction of sp³-hybridized carbons (Fsp3) is 0.615. The number of nitrogens with two attached hydrogens (primary N) is 1. The number of thiophene rings is 1. The molecule has 0 radical (unpaired) electrons. The van der Waals surface area contributed by atoms with E-state index in [1.807, 2.05) is 17.2 Å². The number of hydrogen-bond acceptors (Lipinski definition) is 4. The topological polar surface area (TPSA) is 55.6 Å². The number of rotatable bonds is 4. The van der Waals surface area contributed by atoms with Crippen LogP contribution >= 0.6 is 11.3 Å². The molecule has 1 aliphatic heterocycles. The van der Waals surface area contributed by atoms with Gasteiger partial charge in [0.15, 0.2) is 0 Å². The van der Waals surface area contributed by atoms with Crippen LogP contribution in [0.15, 0.2) is 16.8 Å². The van der Waals surface area contributed by atoms with E-state index in [0.717, 1.165) is 6.42 Å². The summed E-state index contributed by atoms with van der Waals surface area (Å²) >= 11 is 1.66. The fourth-order valence-corrected chi connectivity index (χ4v) is 2.75. The lowest BCUT2D eigenvalue weighted by molar-refractivity contribution is -0.139. The Bertz CT molecular complexity index is 378. The maximum atomic E-state index is 12.0. The summed E-state index contributed by atoms with van der Waals surface area (Å²) in [4.78, 5) is 13.9. The molecule has 5 heteroatoms. The number of morpholine rings is 1. The predicted octanol–water partition coefficient (Wildman–Crippen LogP) is 1.78. The Balaban J connectivity index is 1.88. The lowest BCUT2D eigenvalue weighted by Crippen LogP contribution is -2.42. The van der Waals surface area contributed by atoms with Crippen LogP contribution in [0.5, 0.6) is 0 Å². The SMILES string of the molecule is CC(N)CCC(=O)N1CCOC(c2ccsc2)C1. The molecule has 100 valence electrons. The van der Waals surface area contributed by atoms with Crippen LogP contribution in [0.1, 0.15) is 31.4 Å². The minimum atomic E-state index is 0.0317. The maximum Gasteiger partial charge on any atom is 0.222 e. The van der Waals surface area contributed by atoms with Gasteiger partial charge in [-0.2, -0.15) is 11.3 Å². The van der Waals surface area contributed by atoms with Crippen molar-refractivity contribution in [2.75, 3.05) is 19.7 Å². The van der Waals surface area contributed by atoms with Crippen molar-refractivity contribution in [1.82, 2.24) is 4.90 Å². The largest absolute Gasteiger partial charge is 0.370 e. The summed E-state index contributed by atoms with van der Waals surface area (Å²) in [5, 5.41) is 4.12. The van der Waals surface area contributed by atoms with Gasteiger partial charge < -0.3 is 15.4 Å². The molecule has 18 heavy (non-hydrogen) atoms. The Labute approximate surface area is 112 Å². The first-order valence-corrected chi connectivity index (χ1v) is 7.28. The summed E-state index contributed by atoms with van der Waals surface area (Å²) in [6, 6.07) is 2.15. The lowest BCUT2D eigenvalue weighted by Gasteiger charge is -2.33. The molecule has 1 aromatic rings. The van der Waals surface area contributed by atoms with Crippen molar-refractivity contribution in [2.24, 2.45) is 5.73 Å². The molecule has 1 saturated heterocycles. The first-order valence-electron chi connectivity index (χ1n) is 6.34. The van der Waals surface area contributed by atoms with Gasteiger partial charge in [-0.25, -0.2) is 0 Å². The van der Waals surface area contributed by atoms with Crippen LogP contribution in [0.4, 0.5) is 0 Å². The molecule has 1 amide bonds. The van der Waals surface area contributed by atoms with Gasteiger partial charge in [-0.3, -0.25) is 4.79 Å². The molecule has 2 N–H and O–H groups in total. The fourth-order valence-electron chi connectivity index (χ4n) is 2.04. The van der Waals surface area contributed by atoms with Crippen molar-refractivity contribution in [3.05, 3.63) is 22.4 Å². The molecule has 0 aliphatic carbocycles. The number of carbonyl (C=O) groups is 1. The molecule has 0 bridgehead atoms. The van der Waals surface area contributed by atoms with E-state index < -0.39 is 0 Å². The van der Waals surface area contributed by atoms with Crippen LogP contribution in [-0.2, 0) is 9.53 Å². The van der Waals surface area contributed by atoms with E-state index in [0.29, 0.717) is 26.1 Å². The van der Waals surface area contributed by atoms with Crippen molar-refractivity contribution < 1.29 is 9.53 Å². The molecule has 2 rings (SSSR count). The van der Waals surface area contributed by atoms with E-state index in [1.54, 1.807) is 11.3 Å². The molecule has 1 aliphatic rings. The maximum absolute atomic E-state index is 12.0. The Morgan fingerprint density at radius 1 is 1.72 bits per heavy atom. The third-order valence-electron chi connectivity index (χ3n) is 3.15. The van der Waals surface area contributed by atoms with Crippen molar-refractivity contribution in [2.45, 2.75) is 31.9 Å². The smallest absolute Gasteiger partial charge is 0.222 e. The zero-order valence-electron chi connectivity index (χ0n) is 10.7. The highest BCUT2D eigenvalue weighted by atomic mass is 32.1. The van der Waals surface area contributed by atoms with E-state index >= 15 is 0 Å². The molecule has 0 saturated carbocycles. The molecular weight excluding hydrogens is 248 g/mol. The van der Waals surface area contributed by atoms with Crippen molar-refractivity contribution in [3.8, 4) is 0 Å². The van der Waals surface area contributed by atoms with Crippen molar-refractivity contribution in [3.63, 3.8) is 0 Å². The van der Waals surface area contributed by atoms with E-state index in [-0.39, 0.29) is 18.1 Å². The number of amides is 1. The van der Waals surface area contributed by atoms with Crippen LogP contribution in [0, 0.1) is 0 Å². The Morgan fingerprint density at radius 2 is 2.56 bits per heavy atom. The van der Waals surface area contributed by atoms with Crippen LogP contribution < -0.4 is 5.73 Å². The van der Waals surface area contributed by atoms with Gasteiger partial charge in [0.1, 0.15) is 6.10 Å². The molecule has 2 heterocycles. The molecule has 2 atom stereocenters. The molecule has 0 spiro atoms. The lowest BCUT2D eigenvalue weighted by atomic mass is 10.1. The monoisotopic (exact) mass is 268 g/mol. The number of ether oxygens (including phenoxy) is 1. The first-order chi connectivity index (χ1) is 8.66. The second kappa shape index (κ2) is 6.31. The van der Waals surface area contributed by atoms with Crippen LogP contribution in [0.25, 0.3) is 0 Å². The second-order valence-electron chi connectivity index (χ2n) is 4.77. The number of carbonyl (C=O) groups excluding carboxylic acids is 1. The van der Waals surface area contributed by atoms with Crippen LogP contribution in [0.3, 0.4) is 0 Å². The minimum Gasteiger partial charge on any atom is -0.370 e. The molecule has 1 fully saturated rings. The van der Waals surface area contributed by atoms with Gasteiger partial charge in [0, 0.05) is 19.0 Å². The Morgan fingerprint density at radius 3 is 3.22 bits per heavy atom. The van der Waals surface area contributed by atoms with Gasteiger partial charge in [0.25, 0.3) is 0 Å².